The molecule has 0 aliphatic carbocycles. The van der Waals surface area contributed by atoms with Crippen LogP contribution in [0.15, 0.2) is 0 Å². The summed E-state index contributed by atoms with van der Waals surface area (Å²) in [7, 11) is 1.73. The summed E-state index contributed by atoms with van der Waals surface area (Å²) in [5.41, 5.74) is 4.62. The second-order valence-corrected chi connectivity index (χ2v) is 5.28. The smallest absolute Gasteiger partial charge is 0.222 e. The highest BCUT2D eigenvalue weighted by Crippen LogP contribution is 2.11. The van der Waals surface area contributed by atoms with Crippen molar-refractivity contribution in [1.82, 2.24) is 4.90 Å². The molecule has 0 fully saturated rings. The number of carbonyl (C=O) groups excluding carboxylic acids is 1. The summed E-state index contributed by atoms with van der Waals surface area (Å²) >= 11 is 0. The Labute approximate surface area is 98.8 Å². The minimum absolute atomic E-state index is 0.0889. The lowest BCUT2D eigenvalue weighted by atomic mass is 10.0. The third-order valence-corrected chi connectivity index (χ3v) is 2.56. The second kappa shape index (κ2) is 6.86. The molecule has 1 unspecified atom stereocenters. The highest BCUT2D eigenvalue weighted by atomic mass is 16.3. The standard InChI is InChI=1S/C12H26N2O2/c1-10(7-8-13)5-6-11(15)14(4)9-12(2,3)16/h10,16H,5-9,13H2,1-4H3. The normalized spacial score (nSPS) is 13.6. The molecular weight excluding hydrogens is 204 g/mol. The topological polar surface area (TPSA) is 66.6 Å². The van der Waals surface area contributed by atoms with Crippen LogP contribution in [-0.2, 0) is 4.79 Å². The van der Waals surface area contributed by atoms with Crippen LogP contribution in [0.5, 0.6) is 0 Å². The van der Waals surface area contributed by atoms with Crippen molar-refractivity contribution in [3.63, 3.8) is 0 Å². The molecule has 0 aliphatic heterocycles. The number of hydrogen-bond donors (Lipinski definition) is 2. The Kier molecular flexibility index (Phi) is 6.60. The fourth-order valence-corrected chi connectivity index (χ4v) is 1.66. The minimum atomic E-state index is -0.826. The second-order valence-electron chi connectivity index (χ2n) is 5.28. The first-order chi connectivity index (χ1) is 7.26. The Balaban J connectivity index is 3.88. The van der Waals surface area contributed by atoms with Crippen LogP contribution in [0.3, 0.4) is 0 Å². The van der Waals surface area contributed by atoms with E-state index in [4.69, 9.17) is 5.73 Å². The summed E-state index contributed by atoms with van der Waals surface area (Å²) in [5, 5.41) is 9.59. The van der Waals surface area contributed by atoms with Crippen LogP contribution in [-0.4, -0.2) is 41.7 Å². The molecule has 1 amide bonds. The van der Waals surface area contributed by atoms with Gasteiger partial charge in [-0.25, -0.2) is 0 Å². The van der Waals surface area contributed by atoms with Crippen LogP contribution in [0.2, 0.25) is 0 Å². The summed E-state index contributed by atoms with van der Waals surface area (Å²) in [4.78, 5) is 13.3. The zero-order chi connectivity index (χ0) is 12.8. The van der Waals surface area contributed by atoms with Crippen LogP contribution in [0.25, 0.3) is 0 Å². The molecule has 0 bridgehead atoms. The lowest BCUT2D eigenvalue weighted by molar-refractivity contribution is -0.132. The van der Waals surface area contributed by atoms with E-state index in [1.165, 1.54) is 0 Å². The van der Waals surface area contributed by atoms with Crippen LogP contribution in [0.1, 0.15) is 40.0 Å². The van der Waals surface area contributed by atoms with Gasteiger partial charge < -0.3 is 15.7 Å². The van der Waals surface area contributed by atoms with Crippen LogP contribution < -0.4 is 5.73 Å². The van der Waals surface area contributed by atoms with Crippen molar-refractivity contribution >= 4 is 5.91 Å². The number of nitrogens with zero attached hydrogens (tertiary/aromatic N) is 1. The van der Waals surface area contributed by atoms with E-state index in [1.54, 1.807) is 25.8 Å². The van der Waals surface area contributed by atoms with Crippen molar-refractivity contribution in [2.45, 2.75) is 45.6 Å². The molecule has 0 aliphatic rings. The number of aliphatic hydroxyl groups is 1. The molecule has 0 saturated carbocycles. The molecule has 0 aromatic rings. The lowest BCUT2D eigenvalue weighted by Crippen LogP contribution is -2.39. The predicted molar refractivity (Wildman–Crippen MR) is 66.0 cm³/mol. The molecule has 0 aromatic carbocycles. The van der Waals surface area contributed by atoms with Crippen molar-refractivity contribution in [2.24, 2.45) is 11.7 Å². The summed E-state index contributed by atoms with van der Waals surface area (Å²) < 4.78 is 0. The zero-order valence-electron chi connectivity index (χ0n) is 11.0. The van der Waals surface area contributed by atoms with Gasteiger partial charge in [0.25, 0.3) is 0 Å². The predicted octanol–water partition coefficient (Wildman–Crippen LogP) is 0.981. The molecule has 0 aromatic heterocycles. The molecule has 3 N–H and O–H groups in total. The van der Waals surface area contributed by atoms with E-state index in [0.717, 1.165) is 12.8 Å². The highest BCUT2D eigenvalue weighted by Gasteiger charge is 2.19. The van der Waals surface area contributed by atoms with Gasteiger partial charge >= 0.3 is 0 Å². The molecule has 0 rings (SSSR count). The Morgan fingerprint density at radius 3 is 2.44 bits per heavy atom. The fourth-order valence-electron chi connectivity index (χ4n) is 1.66. The first-order valence-corrected chi connectivity index (χ1v) is 5.92. The summed E-state index contributed by atoms with van der Waals surface area (Å²) in [6.45, 7) is 6.56. The Hall–Kier alpha value is -0.610. The molecule has 4 heteroatoms. The number of nitrogens with two attached hydrogens (primary N) is 1. The van der Waals surface area contributed by atoms with E-state index < -0.39 is 5.60 Å². The molecule has 0 heterocycles. The van der Waals surface area contributed by atoms with Gasteiger partial charge in [0.15, 0.2) is 0 Å². The van der Waals surface area contributed by atoms with Crippen LogP contribution >= 0.6 is 0 Å². The molecule has 4 nitrogen and oxygen atoms in total. The Morgan fingerprint density at radius 2 is 2.00 bits per heavy atom. The van der Waals surface area contributed by atoms with Gasteiger partial charge in [-0.15, -0.1) is 0 Å². The molecule has 16 heavy (non-hydrogen) atoms. The van der Waals surface area contributed by atoms with E-state index in [2.05, 4.69) is 6.92 Å². The van der Waals surface area contributed by atoms with Crippen LogP contribution in [0, 0.1) is 5.92 Å². The number of carbonyl (C=O) groups is 1. The number of hydrogen-bond acceptors (Lipinski definition) is 3. The maximum absolute atomic E-state index is 11.7. The monoisotopic (exact) mass is 230 g/mol. The maximum Gasteiger partial charge on any atom is 0.222 e. The third kappa shape index (κ3) is 7.65. The number of likely N-dealkylation sites (N-methyl/N-ethyl adjacent to an activating group) is 1. The van der Waals surface area contributed by atoms with E-state index in [0.29, 0.717) is 25.4 Å². The molecule has 96 valence electrons. The quantitative estimate of drug-likeness (QED) is 0.685. The summed E-state index contributed by atoms with van der Waals surface area (Å²) in [6.07, 6.45) is 2.36. The number of rotatable bonds is 7. The summed E-state index contributed by atoms with van der Waals surface area (Å²) in [6, 6.07) is 0. The molecule has 1 atom stereocenters. The van der Waals surface area contributed by atoms with Crippen molar-refractivity contribution in [3.8, 4) is 0 Å². The zero-order valence-corrected chi connectivity index (χ0v) is 11.0. The first kappa shape index (κ1) is 15.4. The van der Waals surface area contributed by atoms with E-state index in [9.17, 15) is 9.90 Å². The summed E-state index contributed by atoms with van der Waals surface area (Å²) in [5.74, 6) is 0.579. The molecule has 0 radical (unpaired) electrons. The third-order valence-electron chi connectivity index (χ3n) is 2.56. The first-order valence-electron chi connectivity index (χ1n) is 5.92. The highest BCUT2D eigenvalue weighted by molar-refractivity contribution is 5.75. The number of amides is 1. The van der Waals surface area contributed by atoms with Gasteiger partial charge in [0.05, 0.1) is 5.60 Å². The van der Waals surface area contributed by atoms with Gasteiger partial charge in [0.1, 0.15) is 0 Å². The molecule has 0 spiro atoms. The molecular formula is C12H26N2O2. The van der Waals surface area contributed by atoms with E-state index >= 15 is 0 Å². The SMILES string of the molecule is CC(CCN)CCC(=O)N(C)CC(C)(C)O. The van der Waals surface area contributed by atoms with Crippen molar-refractivity contribution in [1.29, 1.82) is 0 Å². The van der Waals surface area contributed by atoms with Gasteiger partial charge in [-0.1, -0.05) is 6.92 Å². The van der Waals surface area contributed by atoms with Crippen LogP contribution in [0.4, 0.5) is 0 Å². The Bertz CT molecular complexity index is 212. The average molecular weight is 230 g/mol. The van der Waals surface area contributed by atoms with Gasteiger partial charge in [0, 0.05) is 20.0 Å². The van der Waals surface area contributed by atoms with Gasteiger partial charge in [-0.2, -0.15) is 0 Å². The van der Waals surface area contributed by atoms with Crippen molar-refractivity contribution < 1.29 is 9.90 Å². The van der Waals surface area contributed by atoms with Gasteiger partial charge in [0.2, 0.25) is 5.91 Å². The van der Waals surface area contributed by atoms with Crippen molar-refractivity contribution in [2.75, 3.05) is 20.1 Å². The van der Waals surface area contributed by atoms with E-state index in [1.807, 2.05) is 0 Å². The van der Waals surface area contributed by atoms with Gasteiger partial charge in [-0.3, -0.25) is 4.79 Å². The molecule has 0 saturated heterocycles. The van der Waals surface area contributed by atoms with Crippen molar-refractivity contribution in [3.05, 3.63) is 0 Å². The Morgan fingerprint density at radius 1 is 1.44 bits per heavy atom. The average Bonchev–Trinajstić information content (AvgIpc) is 2.11. The fraction of sp³-hybridized carbons (Fsp3) is 0.917. The largest absolute Gasteiger partial charge is 0.389 e. The van der Waals surface area contributed by atoms with E-state index in [-0.39, 0.29) is 5.91 Å². The minimum Gasteiger partial charge on any atom is -0.389 e. The van der Waals surface area contributed by atoms with Gasteiger partial charge in [-0.05, 0) is 39.2 Å². The lowest BCUT2D eigenvalue weighted by Gasteiger charge is -2.26. The maximum atomic E-state index is 11.7.